The van der Waals surface area contributed by atoms with Gasteiger partial charge >= 0.3 is 0 Å². The smallest absolute Gasteiger partial charge is 0.238 e. The highest BCUT2D eigenvalue weighted by molar-refractivity contribution is 5.42. The summed E-state index contributed by atoms with van der Waals surface area (Å²) in [5, 5.41) is 7.76. The van der Waals surface area contributed by atoms with Gasteiger partial charge in [-0.15, -0.1) is 0 Å². The van der Waals surface area contributed by atoms with Crippen molar-refractivity contribution in [3.8, 4) is 11.6 Å². The molecule has 0 bridgehead atoms. The molecule has 106 valence electrons. The average Bonchev–Trinajstić information content (AvgIpc) is 3.16. The Morgan fingerprint density at radius 1 is 1.40 bits per heavy atom. The van der Waals surface area contributed by atoms with Gasteiger partial charge in [0.1, 0.15) is 0 Å². The van der Waals surface area contributed by atoms with Crippen LogP contribution >= 0.6 is 0 Å². The summed E-state index contributed by atoms with van der Waals surface area (Å²) >= 11 is 0. The van der Waals surface area contributed by atoms with Gasteiger partial charge in [-0.1, -0.05) is 18.0 Å². The molecule has 2 aromatic heterocycles. The van der Waals surface area contributed by atoms with E-state index in [1.807, 2.05) is 17.8 Å². The van der Waals surface area contributed by atoms with Crippen molar-refractivity contribution < 1.29 is 4.52 Å². The van der Waals surface area contributed by atoms with E-state index in [9.17, 15) is 0 Å². The molecule has 20 heavy (non-hydrogen) atoms. The maximum absolute atomic E-state index is 5.63. The van der Waals surface area contributed by atoms with Gasteiger partial charge in [-0.25, -0.2) is 4.98 Å². The van der Waals surface area contributed by atoms with Gasteiger partial charge in [0, 0.05) is 25.5 Å². The molecule has 2 fully saturated rings. The Morgan fingerprint density at radius 2 is 2.35 bits per heavy atom. The molecule has 2 atom stereocenters. The van der Waals surface area contributed by atoms with Gasteiger partial charge in [-0.2, -0.15) is 4.98 Å². The van der Waals surface area contributed by atoms with E-state index in [-0.39, 0.29) is 5.41 Å². The Balaban J connectivity index is 1.72. The van der Waals surface area contributed by atoms with Crippen LogP contribution in [0.1, 0.15) is 38.0 Å². The highest BCUT2D eigenvalue weighted by Crippen LogP contribution is 2.44. The van der Waals surface area contributed by atoms with Crippen LogP contribution in [0.25, 0.3) is 11.6 Å². The van der Waals surface area contributed by atoms with E-state index in [2.05, 4.69) is 20.4 Å². The Kier molecular flexibility index (Phi) is 2.66. The molecular weight excluding hydrogens is 254 g/mol. The fourth-order valence-corrected chi connectivity index (χ4v) is 3.77. The summed E-state index contributed by atoms with van der Waals surface area (Å²) in [6.45, 7) is 1.05. The first-order chi connectivity index (χ1) is 9.79. The van der Waals surface area contributed by atoms with Gasteiger partial charge < -0.3 is 14.4 Å². The second kappa shape index (κ2) is 4.41. The number of aryl methyl sites for hydroxylation is 1. The predicted octanol–water partition coefficient (Wildman–Crippen LogP) is 1.64. The van der Waals surface area contributed by atoms with Gasteiger partial charge in [0.25, 0.3) is 0 Å². The van der Waals surface area contributed by atoms with Crippen LogP contribution in [0, 0.1) is 0 Å². The van der Waals surface area contributed by atoms with Gasteiger partial charge in [0.2, 0.25) is 11.7 Å². The SMILES string of the molecule is Cn1ccnc1-c1noc([C@@]23CCCC[C@@H]2NCC3)n1. The van der Waals surface area contributed by atoms with Crippen molar-refractivity contribution >= 4 is 0 Å². The van der Waals surface area contributed by atoms with E-state index in [1.165, 1.54) is 19.3 Å². The third-order valence-corrected chi connectivity index (χ3v) is 4.87. The largest absolute Gasteiger partial charge is 0.338 e. The second-order valence-corrected chi connectivity index (χ2v) is 5.94. The summed E-state index contributed by atoms with van der Waals surface area (Å²) < 4.78 is 7.55. The zero-order chi connectivity index (χ0) is 13.6. The number of imidazole rings is 1. The Hall–Kier alpha value is -1.69. The van der Waals surface area contributed by atoms with Crippen molar-refractivity contribution in [1.82, 2.24) is 25.0 Å². The van der Waals surface area contributed by atoms with E-state index in [1.54, 1.807) is 6.20 Å². The van der Waals surface area contributed by atoms with Crippen molar-refractivity contribution in [1.29, 1.82) is 0 Å². The summed E-state index contributed by atoms with van der Waals surface area (Å²) in [4.78, 5) is 8.96. The van der Waals surface area contributed by atoms with E-state index in [4.69, 9.17) is 4.52 Å². The lowest BCUT2D eigenvalue weighted by Gasteiger charge is -2.35. The lowest BCUT2D eigenvalue weighted by atomic mass is 9.70. The second-order valence-electron chi connectivity index (χ2n) is 5.94. The third-order valence-electron chi connectivity index (χ3n) is 4.87. The zero-order valence-corrected chi connectivity index (χ0v) is 11.7. The molecule has 1 saturated carbocycles. The maximum atomic E-state index is 5.63. The fourth-order valence-electron chi connectivity index (χ4n) is 3.77. The standard InChI is InChI=1S/C14H19N5O/c1-19-9-8-16-12(19)11-17-13(20-18-11)14-5-3-2-4-10(14)15-7-6-14/h8-10,15H,2-7H2,1H3/t10-,14+/m0/s1. The quantitative estimate of drug-likeness (QED) is 0.901. The van der Waals surface area contributed by atoms with Gasteiger partial charge in [0.05, 0.1) is 5.41 Å². The van der Waals surface area contributed by atoms with Gasteiger partial charge in [-0.3, -0.25) is 0 Å². The van der Waals surface area contributed by atoms with Crippen molar-refractivity contribution in [2.45, 2.75) is 43.6 Å². The first-order valence-corrected chi connectivity index (χ1v) is 7.35. The Morgan fingerprint density at radius 3 is 3.20 bits per heavy atom. The Bertz CT molecular complexity index is 619. The number of fused-ring (bicyclic) bond motifs is 1. The molecule has 0 aromatic carbocycles. The van der Waals surface area contributed by atoms with Crippen molar-refractivity contribution in [3.63, 3.8) is 0 Å². The molecule has 2 aliphatic rings. The van der Waals surface area contributed by atoms with Crippen LogP contribution in [-0.2, 0) is 12.5 Å². The van der Waals surface area contributed by atoms with Crippen LogP contribution in [0.2, 0.25) is 0 Å². The number of hydrogen-bond acceptors (Lipinski definition) is 5. The summed E-state index contributed by atoms with van der Waals surface area (Å²) in [7, 11) is 1.94. The highest BCUT2D eigenvalue weighted by Gasteiger charge is 2.49. The molecule has 6 nitrogen and oxygen atoms in total. The topological polar surface area (TPSA) is 68.8 Å². The zero-order valence-electron chi connectivity index (χ0n) is 11.7. The van der Waals surface area contributed by atoms with Crippen LogP contribution < -0.4 is 5.32 Å². The van der Waals surface area contributed by atoms with Gasteiger partial charge in [0.15, 0.2) is 5.82 Å². The van der Waals surface area contributed by atoms with Gasteiger partial charge in [-0.05, 0) is 25.8 Å². The minimum Gasteiger partial charge on any atom is -0.338 e. The van der Waals surface area contributed by atoms with Crippen LogP contribution in [0.4, 0.5) is 0 Å². The highest BCUT2D eigenvalue weighted by atomic mass is 16.5. The normalized spacial score (nSPS) is 29.6. The summed E-state index contributed by atoms with van der Waals surface area (Å²) in [5.74, 6) is 2.15. The van der Waals surface area contributed by atoms with Crippen LogP contribution in [-0.4, -0.2) is 32.3 Å². The molecule has 1 aliphatic heterocycles. The number of hydrogen-bond donors (Lipinski definition) is 1. The summed E-state index contributed by atoms with van der Waals surface area (Å²) in [6.07, 6.45) is 9.64. The van der Waals surface area contributed by atoms with Crippen molar-refractivity contribution in [2.75, 3.05) is 6.54 Å². The van der Waals surface area contributed by atoms with E-state index in [0.717, 1.165) is 31.1 Å². The molecule has 0 spiro atoms. The minimum atomic E-state index is 0.0503. The molecule has 1 saturated heterocycles. The first-order valence-electron chi connectivity index (χ1n) is 7.35. The van der Waals surface area contributed by atoms with E-state index >= 15 is 0 Å². The monoisotopic (exact) mass is 273 g/mol. The van der Waals surface area contributed by atoms with E-state index < -0.39 is 0 Å². The molecule has 2 aromatic rings. The lowest BCUT2D eigenvalue weighted by Crippen LogP contribution is -2.43. The summed E-state index contributed by atoms with van der Waals surface area (Å²) in [6, 6.07) is 0.492. The molecule has 6 heteroatoms. The minimum absolute atomic E-state index is 0.0503. The maximum Gasteiger partial charge on any atom is 0.238 e. The third kappa shape index (κ3) is 1.64. The fraction of sp³-hybridized carbons (Fsp3) is 0.643. The molecule has 0 amide bonds. The first kappa shape index (κ1) is 12.1. The van der Waals surface area contributed by atoms with Crippen LogP contribution in [0.5, 0.6) is 0 Å². The number of nitrogens with one attached hydrogen (secondary N) is 1. The molecule has 3 heterocycles. The van der Waals surface area contributed by atoms with E-state index in [0.29, 0.717) is 11.9 Å². The predicted molar refractivity (Wildman–Crippen MR) is 73.1 cm³/mol. The molecule has 1 N–H and O–H groups in total. The number of rotatable bonds is 2. The van der Waals surface area contributed by atoms with Crippen LogP contribution in [0.15, 0.2) is 16.9 Å². The van der Waals surface area contributed by atoms with Crippen molar-refractivity contribution in [3.05, 3.63) is 18.3 Å². The summed E-state index contributed by atoms with van der Waals surface area (Å²) in [5.41, 5.74) is 0.0503. The molecule has 1 aliphatic carbocycles. The Labute approximate surface area is 117 Å². The molecule has 0 unspecified atom stereocenters. The molecule has 0 radical (unpaired) electrons. The van der Waals surface area contributed by atoms with Crippen molar-refractivity contribution in [2.24, 2.45) is 7.05 Å². The lowest BCUT2D eigenvalue weighted by molar-refractivity contribution is 0.199. The number of nitrogens with zero attached hydrogens (tertiary/aromatic N) is 4. The van der Waals surface area contributed by atoms with Crippen LogP contribution in [0.3, 0.4) is 0 Å². The number of aromatic nitrogens is 4. The molecular formula is C14H19N5O. The average molecular weight is 273 g/mol. The molecule has 4 rings (SSSR count).